The van der Waals surface area contributed by atoms with E-state index in [2.05, 4.69) is 9.46 Å². The molecule has 1 N–H and O–H groups in total. The van der Waals surface area contributed by atoms with E-state index in [0.717, 1.165) is 24.3 Å². The van der Waals surface area contributed by atoms with Crippen LogP contribution in [0, 0.1) is 5.92 Å². The Kier molecular flexibility index (Phi) is 7.03. The Balaban J connectivity index is 2.20. The molecule has 1 rings (SSSR count). The van der Waals surface area contributed by atoms with Crippen molar-refractivity contribution in [2.24, 2.45) is 5.92 Å². The molecule has 0 bridgehead atoms. The predicted octanol–water partition coefficient (Wildman–Crippen LogP) is 1.00. The number of hydrogen-bond donors (Lipinski definition) is 1. The van der Waals surface area contributed by atoms with Crippen LogP contribution in [-0.4, -0.2) is 45.3 Å². The monoisotopic (exact) mass is 295 g/mol. The first kappa shape index (κ1) is 15.8. The summed E-state index contributed by atoms with van der Waals surface area (Å²) >= 11 is 1.92. The summed E-state index contributed by atoms with van der Waals surface area (Å²) in [5.74, 6) is 2.32. The van der Waals surface area contributed by atoms with Gasteiger partial charge in [-0.15, -0.1) is 0 Å². The van der Waals surface area contributed by atoms with E-state index < -0.39 is 10.0 Å². The van der Waals surface area contributed by atoms with Crippen LogP contribution in [0.3, 0.4) is 0 Å². The quantitative estimate of drug-likeness (QED) is 0.710. The fourth-order valence-electron chi connectivity index (χ4n) is 1.78. The van der Waals surface area contributed by atoms with Gasteiger partial charge in [-0.05, 0) is 36.7 Å². The van der Waals surface area contributed by atoms with Gasteiger partial charge in [0, 0.05) is 13.0 Å². The van der Waals surface area contributed by atoms with Crippen LogP contribution in [-0.2, 0) is 19.6 Å². The van der Waals surface area contributed by atoms with Crippen molar-refractivity contribution in [1.82, 2.24) is 4.72 Å². The van der Waals surface area contributed by atoms with Crippen LogP contribution < -0.4 is 4.72 Å². The molecular weight excluding hydrogens is 274 g/mol. The molecule has 0 aromatic heterocycles. The first-order valence-electron chi connectivity index (χ1n) is 6.15. The van der Waals surface area contributed by atoms with E-state index in [4.69, 9.17) is 0 Å². The van der Waals surface area contributed by atoms with Gasteiger partial charge >= 0.3 is 5.97 Å². The minimum absolute atomic E-state index is 0.0103. The van der Waals surface area contributed by atoms with Crippen molar-refractivity contribution >= 4 is 27.8 Å². The zero-order valence-corrected chi connectivity index (χ0v) is 12.3. The van der Waals surface area contributed by atoms with Crippen LogP contribution in [0.5, 0.6) is 0 Å². The maximum atomic E-state index is 11.7. The van der Waals surface area contributed by atoms with Crippen LogP contribution >= 0.6 is 11.8 Å². The van der Waals surface area contributed by atoms with E-state index in [1.807, 2.05) is 11.8 Å². The molecule has 0 spiro atoms. The second-order valence-corrected chi connectivity index (χ2v) is 7.55. The number of rotatable bonds is 7. The average molecular weight is 295 g/mol. The third-order valence-corrected chi connectivity index (χ3v) is 5.44. The molecule has 0 aromatic rings. The van der Waals surface area contributed by atoms with E-state index in [1.165, 1.54) is 7.11 Å². The van der Waals surface area contributed by atoms with Crippen molar-refractivity contribution in [1.29, 1.82) is 0 Å². The molecule has 0 atom stereocenters. The lowest BCUT2D eigenvalue weighted by Gasteiger charge is -2.21. The molecular formula is C11H21NO4S2. The van der Waals surface area contributed by atoms with Crippen LogP contribution in [0.1, 0.15) is 25.7 Å². The summed E-state index contributed by atoms with van der Waals surface area (Å²) in [5.41, 5.74) is 0. The summed E-state index contributed by atoms with van der Waals surface area (Å²) in [7, 11) is -1.95. The molecule has 1 aliphatic rings. The minimum Gasteiger partial charge on any atom is -0.469 e. The van der Waals surface area contributed by atoms with Gasteiger partial charge in [-0.1, -0.05) is 0 Å². The Morgan fingerprint density at radius 1 is 1.39 bits per heavy atom. The second-order valence-electron chi connectivity index (χ2n) is 4.40. The van der Waals surface area contributed by atoms with Gasteiger partial charge in [-0.2, -0.15) is 11.8 Å². The number of ether oxygens (including phenoxy) is 1. The van der Waals surface area contributed by atoms with E-state index in [9.17, 15) is 13.2 Å². The fraction of sp³-hybridized carbons (Fsp3) is 0.909. The van der Waals surface area contributed by atoms with Gasteiger partial charge in [-0.3, -0.25) is 4.79 Å². The molecule has 1 heterocycles. The molecule has 5 nitrogen and oxygen atoms in total. The minimum atomic E-state index is -3.25. The molecule has 1 aliphatic heterocycles. The number of carbonyl (C=O) groups is 1. The van der Waals surface area contributed by atoms with Crippen LogP contribution in [0.15, 0.2) is 0 Å². The SMILES string of the molecule is COC(=O)CCCS(=O)(=O)NCC1CCSCC1. The number of esters is 1. The molecule has 0 saturated carbocycles. The number of hydrogen-bond acceptors (Lipinski definition) is 5. The normalized spacial score (nSPS) is 17.6. The highest BCUT2D eigenvalue weighted by Gasteiger charge is 2.17. The molecule has 0 aliphatic carbocycles. The number of methoxy groups -OCH3 is 1. The number of nitrogens with one attached hydrogen (secondary N) is 1. The van der Waals surface area contributed by atoms with Gasteiger partial charge in [0.15, 0.2) is 0 Å². The van der Waals surface area contributed by atoms with Crippen molar-refractivity contribution in [2.45, 2.75) is 25.7 Å². The Hall–Kier alpha value is -0.270. The first-order valence-corrected chi connectivity index (χ1v) is 8.96. The van der Waals surface area contributed by atoms with Crippen molar-refractivity contribution < 1.29 is 17.9 Å². The van der Waals surface area contributed by atoms with Gasteiger partial charge in [-0.25, -0.2) is 13.1 Å². The summed E-state index contributed by atoms with van der Waals surface area (Å²) in [6, 6.07) is 0. The first-order chi connectivity index (χ1) is 8.53. The largest absolute Gasteiger partial charge is 0.469 e. The summed E-state index contributed by atoms with van der Waals surface area (Å²) in [6.45, 7) is 0.529. The van der Waals surface area contributed by atoms with Gasteiger partial charge in [0.25, 0.3) is 0 Å². The van der Waals surface area contributed by atoms with Gasteiger partial charge in [0.05, 0.1) is 12.9 Å². The Morgan fingerprint density at radius 2 is 2.06 bits per heavy atom. The lowest BCUT2D eigenvalue weighted by Crippen LogP contribution is -2.32. The zero-order valence-electron chi connectivity index (χ0n) is 10.7. The predicted molar refractivity (Wildman–Crippen MR) is 73.1 cm³/mol. The third-order valence-electron chi connectivity index (χ3n) is 2.95. The smallest absolute Gasteiger partial charge is 0.305 e. The summed E-state index contributed by atoms with van der Waals surface area (Å²) in [5, 5.41) is 0. The Labute approximate surface area is 113 Å². The third kappa shape index (κ3) is 6.61. The standard InChI is InChI=1S/C11H21NO4S2/c1-16-11(13)3-2-8-18(14,15)12-9-10-4-6-17-7-5-10/h10,12H,2-9H2,1H3. The van der Waals surface area contributed by atoms with E-state index in [1.54, 1.807) is 0 Å². The number of sulfonamides is 1. The van der Waals surface area contributed by atoms with Crippen molar-refractivity contribution in [3.63, 3.8) is 0 Å². The Bertz CT molecular complexity index is 350. The van der Waals surface area contributed by atoms with Gasteiger partial charge in [0.1, 0.15) is 0 Å². The molecule has 0 amide bonds. The van der Waals surface area contributed by atoms with Crippen LogP contribution in [0.2, 0.25) is 0 Å². The maximum absolute atomic E-state index is 11.7. The molecule has 0 unspecified atom stereocenters. The highest BCUT2D eigenvalue weighted by atomic mass is 32.2. The maximum Gasteiger partial charge on any atom is 0.305 e. The average Bonchev–Trinajstić information content (AvgIpc) is 2.37. The highest BCUT2D eigenvalue weighted by molar-refractivity contribution is 7.99. The van der Waals surface area contributed by atoms with Crippen molar-refractivity contribution in [3.05, 3.63) is 0 Å². The second kappa shape index (κ2) is 8.01. The van der Waals surface area contributed by atoms with Gasteiger partial charge < -0.3 is 4.74 Å². The van der Waals surface area contributed by atoms with Gasteiger partial charge in [0.2, 0.25) is 10.0 Å². The molecule has 1 saturated heterocycles. The Morgan fingerprint density at radius 3 is 2.67 bits per heavy atom. The number of carbonyl (C=O) groups excluding carboxylic acids is 1. The molecule has 7 heteroatoms. The molecule has 0 aromatic carbocycles. The number of thioether (sulfide) groups is 1. The summed E-state index contributed by atoms with van der Waals surface area (Å²) < 4.78 is 30.4. The van der Waals surface area contributed by atoms with Crippen molar-refractivity contribution in [2.75, 3.05) is 30.9 Å². The fourth-order valence-corrected chi connectivity index (χ4v) is 4.14. The molecule has 0 radical (unpaired) electrons. The molecule has 18 heavy (non-hydrogen) atoms. The molecule has 106 valence electrons. The van der Waals surface area contributed by atoms with E-state index in [0.29, 0.717) is 18.9 Å². The lowest BCUT2D eigenvalue weighted by molar-refractivity contribution is -0.140. The zero-order chi connectivity index (χ0) is 13.4. The van der Waals surface area contributed by atoms with Crippen LogP contribution in [0.4, 0.5) is 0 Å². The highest BCUT2D eigenvalue weighted by Crippen LogP contribution is 2.22. The van der Waals surface area contributed by atoms with E-state index >= 15 is 0 Å². The van der Waals surface area contributed by atoms with Crippen LogP contribution in [0.25, 0.3) is 0 Å². The molecule has 1 fully saturated rings. The van der Waals surface area contributed by atoms with E-state index in [-0.39, 0.29) is 18.1 Å². The van der Waals surface area contributed by atoms with Crippen molar-refractivity contribution in [3.8, 4) is 0 Å². The summed E-state index contributed by atoms with van der Waals surface area (Å²) in [4.78, 5) is 10.9. The lowest BCUT2D eigenvalue weighted by atomic mass is 10.0. The topological polar surface area (TPSA) is 72.5 Å². The summed E-state index contributed by atoms with van der Waals surface area (Å²) in [6.07, 6.45) is 2.62.